The van der Waals surface area contributed by atoms with E-state index in [2.05, 4.69) is 217 Å². The van der Waals surface area contributed by atoms with Crippen molar-refractivity contribution >= 4 is 77.2 Å². The first-order valence-corrected chi connectivity index (χ1v) is 20.5. The van der Waals surface area contributed by atoms with Crippen LogP contribution in [0.5, 0.6) is 0 Å². The van der Waals surface area contributed by atoms with Gasteiger partial charge in [-0.25, -0.2) is 0 Å². The van der Waals surface area contributed by atoms with Gasteiger partial charge in [0, 0.05) is 38.1 Å². The largest absolute Gasteiger partial charge is 0.310 e. The maximum absolute atomic E-state index is 2.41. The minimum Gasteiger partial charge on any atom is -0.310 e. The summed E-state index contributed by atoms with van der Waals surface area (Å²) in [4.78, 5) is 0. The second kappa shape index (κ2) is 14.4. The second-order valence-electron chi connectivity index (χ2n) is 14.8. The van der Waals surface area contributed by atoms with Crippen LogP contribution < -0.4 is 10.6 Å². The van der Waals surface area contributed by atoms with E-state index in [1.165, 1.54) is 104 Å². The zero-order chi connectivity index (χ0) is 39.3. The van der Waals surface area contributed by atoms with Gasteiger partial charge in [0.2, 0.25) is 0 Å². The highest BCUT2D eigenvalue weighted by Gasteiger charge is 2.17. The monoisotopic (exact) mass is 744 g/mol. The quantitative estimate of drug-likeness (QED) is 0.159. The van der Waals surface area contributed by atoms with Gasteiger partial charge in [-0.2, -0.15) is 0 Å². The van der Waals surface area contributed by atoms with E-state index in [1.54, 1.807) is 0 Å². The number of benzene rings is 9. The molecule has 9 aromatic carbocycles. The van der Waals surface area contributed by atoms with Gasteiger partial charge in [0.15, 0.2) is 0 Å². The molecule has 2 nitrogen and oxygen atoms in total. The average molecular weight is 745 g/mol. The zero-order valence-electron chi connectivity index (χ0n) is 33.4. The lowest BCUT2D eigenvalue weighted by atomic mass is 9.92. The first-order valence-electron chi connectivity index (χ1n) is 20.5. The normalized spacial score (nSPS) is 12.3. The Morgan fingerprint density at radius 2 is 0.672 bits per heavy atom. The number of hydrogen-bond donors (Lipinski definition) is 0. The Morgan fingerprint density at radius 1 is 0.310 bits per heavy atom. The van der Waals surface area contributed by atoms with Crippen LogP contribution in [-0.2, 0) is 0 Å². The molecule has 0 amide bonds. The molecule has 0 saturated carbocycles. The Balaban J connectivity index is 0.00000201. The Hall–Kier alpha value is -7.16. The fourth-order valence-electron chi connectivity index (χ4n) is 9.28. The van der Waals surface area contributed by atoms with Gasteiger partial charge in [0.25, 0.3) is 0 Å². The second-order valence-corrected chi connectivity index (χ2v) is 14.8. The van der Waals surface area contributed by atoms with Crippen LogP contribution in [0.2, 0.25) is 0 Å². The van der Waals surface area contributed by atoms with E-state index in [4.69, 9.17) is 0 Å². The van der Waals surface area contributed by atoms with Gasteiger partial charge in [-0.3, -0.25) is 0 Å². The van der Waals surface area contributed by atoms with E-state index < -0.39 is 0 Å². The predicted molar refractivity (Wildman–Crippen MR) is 252 cm³/mol. The summed E-state index contributed by atoms with van der Waals surface area (Å²) in [6, 6.07) is 67.0. The van der Waals surface area contributed by atoms with E-state index in [0.717, 1.165) is 5.69 Å². The van der Waals surface area contributed by atoms with Gasteiger partial charge in [-0.1, -0.05) is 141 Å². The van der Waals surface area contributed by atoms with Gasteiger partial charge >= 0.3 is 0 Å². The molecule has 0 unspecified atom stereocenters. The van der Waals surface area contributed by atoms with Gasteiger partial charge < -0.3 is 9.13 Å². The highest BCUT2D eigenvalue weighted by Crippen LogP contribution is 2.40. The van der Waals surface area contributed by atoms with Crippen molar-refractivity contribution in [2.75, 3.05) is 0 Å². The molecule has 0 aliphatic carbocycles. The number of para-hydroxylation sites is 2. The first-order chi connectivity index (χ1) is 28.7. The summed E-state index contributed by atoms with van der Waals surface area (Å²) in [7, 11) is 0. The number of fused-ring (bicyclic) bond motifs is 10. The third-order valence-electron chi connectivity index (χ3n) is 11.8. The van der Waals surface area contributed by atoms with Crippen molar-refractivity contribution < 1.29 is 0 Å². The van der Waals surface area contributed by atoms with Crippen LogP contribution in [-0.4, -0.2) is 9.13 Å². The van der Waals surface area contributed by atoms with Crippen molar-refractivity contribution in [3.05, 3.63) is 193 Å². The van der Waals surface area contributed by atoms with E-state index in [-0.39, 0.29) is 0 Å². The predicted octanol–water partition coefficient (Wildman–Crippen LogP) is 14.1. The van der Waals surface area contributed by atoms with Crippen molar-refractivity contribution in [1.82, 2.24) is 9.13 Å². The van der Waals surface area contributed by atoms with Gasteiger partial charge in [-0.05, 0) is 135 Å². The third kappa shape index (κ3) is 5.48. The first kappa shape index (κ1) is 35.3. The molecule has 58 heavy (non-hydrogen) atoms. The Labute approximate surface area is 338 Å². The van der Waals surface area contributed by atoms with Crippen molar-refractivity contribution in [1.29, 1.82) is 0 Å². The molecular weight excluding hydrogens is 701 g/mol. The van der Waals surface area contributed by atoms with Gasteiger partial charge in [0.05, 0.1) is 16.6 Å². The van der Waals surface area contributed by atoms with Crippen LogP contribution >= 0.6 is 0 Å². The Bertz CT molecular complexity index is 3440. The van der Waals surface area contributed by atoms with E-state index in [1.807, 2.05) is 13.8 Å². The zero-order valence-corrected chi connectivity index (χ0v) is 33.4. The Morgan fingerprint density at radius 3 is 1.14 bits per heavy atom. The molecule has 2 heterocycles. The van der Waals surface area contributed by atoms with Crippen molar-refractivity contribution in [3.63, 3.8) is 0 Å². The summed E-state index contributed by atoms with van der Waals surface area (Å²) in [6.07, 6.45) is 4.47. The summed E-state index contributed by atoms with van der Waals surface area (Å²) in [5.41, 5.74) is 10.8. The SMILES string of the molecule is C/C=c1\c(=C/C)n(-c2ccccc2)c2ccc(-c3ccc4c(c3)c3cc(-c5ccc6c7ccccc7c7ccccc7c6c5)ccc3n4-c3ccccc3)cc12.CC. The topological polar surface area (TPSA) is 9.86 Å². The van der Waals surface area contributed by atoms with Crippen LogP contribution in [0.4, 0.5) is 0 Å². The summed E-state index contributed by atoms with van der Waals surface area (Å²) in [6.45, 7) is 8.28. The highest BCUT2D eigenvalue weighted by molar-refractivity contribution is 6.26. The molecule has 0 radical (unpaired) electrons. The molecule has 0 bridgehead atoms. The standard InChI is InChI=1S/C54H38N2.C2H6/c1-3-41-48-32-36(24-28-52(48)55(51(41)4-2)39-15-7-5-8-16-39)38-26-30-54-50(34-38)49-33-37(25-29-53(49)56(54)40-17-9-6-10-18-40)35-23-27-46-44-21-12-11-19-42(44)43-20-13-14-22-45(43)47(46)31-35;1-2/h3-34H,1-2H3;1-2H3/b41-3-,51-4+;. The number of hydrogen-bond acceptors (Lipinski definition) is 0. The molecule has 0 atom stereocenters. The summed E-state index contributed by atoms with van der Waals surface area (Å²) < 4.78 is 4.79. The fraction of sp³-hybridized carbons (Fsp3) is 0.0714. The van der Waals surface area contributed by atoms with Crippen molar-refractivity contribution in [2.24, 2.45) is 0 Å². The van der Waals surface area contributed by atoms with Crippen LogP contribution in [0.1, 0.15) is 27.7 Å². The molecule has 0 N–H and O–H groups in total. The van der Waals surface area contributed by atoms with Crippen molar-refractivity contribution in [2.45, 2.75) is 27.7 Å². The lowest BCUT2D eigenvalue weighted by molar-refractivity contribution is 1.07. The molecule has 2 heteroatoms. The summed E-state index contributed by atoms with van der Waals surface area (Å²) in [5, 5.41) is 14.0. The molecule has 278 valence electrons. The van der Waals surface area contributed by atoms with Crippen LogP contribution in [0.15, 0.2) is 182 Å². The highest BCUT2D eigenvalue weighted by atomic mass is 15.0. The van der Waals surface area contributed by atoms with E-state index >= 15 is 0 Å². The molecule has 2 aromatic heterocycles. The van der Waals surface area contributed by atoms with Gasteiger partial charge in [0.1, 0.15) is 0 Å². The van der Waals surface area contributed by atoms with E-state index in [0.29, 0.717) is 0 Å². The Kier molecular flexibility index (Phi) is 8.76. The third-order valence-corrected chi connectivity index (χ3v) is 11.8. The fourth-order valence-corrected chi connectivity index (χ4v) is 9.28. The van der Waals surface area contributed by atoms with Crippen LogP contribution in [0, 0.1) is 0 Å². The van der Waals surface area contributed by atoms with Crippen molar-refractivity contribution in [3.8, 4) is 33.6 Å². The number of rotatable bonds is 4. The maximum atomic E-state index is 2.41. The molecule has 11 rings (SSSR count). The smallest absolute Gasteiger partial charge is 0.0541 e. The molecule has 0 aliphatic rings. The lowest BCUT2D eigenvalue weighted by Crippen LogP contribution is -2.27. The molecule has 11 aromatic rings. The minimum atomic E-state index is 1.16. The molecule has 0 saturated heterocycles. The van der Waals surface area contributed by atoms with Gasteiger partial charge in [-0.15, -0.1) is 0 Å². The average Bonchev–Trinajstić information content (AvgIpc) is 3.81. The molecule has 0 fully saturated rings. The number of aromatic nitrogens is 2. The molecule has 0 spiro atoms. The maximum Gasteiger partial charge on any atom is 0.0541 e. The molecule has 0 aliphatic heterocycles. The van der Waals surface area contributed by atoms with Crippen LogP contribution in [0.3, 0.4) is 0 Å². The van der Waals surface area contributed by atoms with E-state index in [9.17, 15) is 0 Å². The minimum absolute atomic E-state index is 1.16. The summed E-state index contributed by atoms with van der Waals surface area (Å²) in [5.74, 6) is 0. The molecular formula is C56H44N2. The number of nitrogens with zero attached hydrogens (tertiary/aromatic N) is 2. The lowest BCUT2D eigenvalue weighted by Gasteiger charge is -2.12. The summed E-state index contributed by atoms with van der Waals surface area (Å²) >= 11 is 0. The van der Waals surface area contributed by atoms with Crippen LogP contribution in [0.25, 0.3) is 111 Å².